The third-order valence-electron chi connectivity index (χ3n) is 3.98. The number of rotatable bonds is 7. The Bertz CT molecular complexity index is 1280. The number of furan rings is 1. The van der Waals surface area contributed by atoms with Crippen LogP contribution >= 0.6 is 23.2 Å². The third-order valence-corrected chi connectivity index (χ3v) is 5.88. The van der Waals surface area contributed by atoms with Gasteiger partial charge in [0.25, 0.3) is 5.91 Å². The van der Waals surface area contributed by atoms with Crippen molar-refractivity contribution in [1.29, 1.82) is 5.26 Å². The molecule has 158 valence electrons. The molecule has 0 aliphatic rings. The highest BCUT2D eigenvalue weighted by Crippen LogP contribution is 2.18. The van der Waals surface area contributed by atoms with Crippen molar-refractivity contribution in [2.24, 2.45) is 0 Å². The smallest absolute Gasteiger partial charge is 0.266 e. The van der Waals surface area contributed by atoms with Gasteiger partial charge in [-0.3, -0.25) is 4.79 Å². The van der Waals surface area contributed by atoms with Crippen LogP contribution in [0.3, 0.4) is 0 Å². The summed E-state index contributed by atoms with van der Waals surface area (Å²) in [7, 11) is -3.76. The highest BCUT2D eigenvalue weighted by Gasteiger charge is 2.15. The number of sulfonamides is 1. The lowest BCUT2D eigenvalue weighted by atomic mass is 10.2. The Kier molecular flexibility index (Phi) is 7.15. The first-order valence-electron chi connectivity index (χ1n) is 8.79. The zero-order valence-corrected chi connectivity index (χ0v) is 18.1. The van der Waals surface area contributed by atoms with E-state index in [2.05, 4.69) is 10.0 Å². The number of anilines is 1. The number of carbonyl (C=O) groups excluding carboxylic acids is 1. The molecule has 31 heavy (non-hydrogen) atoms. The predicted octanol–water partition coefficient (Wildman–Crippen LogP) is 4.61. The molecule has 0 bridgehead atoms. The molecule has 0 radical (unpaired) electrons. The van der Waals surface area contributed by atoms with Crippen LogP contribution in [0.4, 0.5) is 5.69 Å². The van der Waals surface area contributed by atoms with Crippen LogP contribution in [0.1, 0.15) is 11.5 Å². The summed E-state index contributed by atoms with van der Waals surface area (Å²) < 4.78 is 32.6. The van der Waals surface area contributed by atoms with Gasteiger partial charge in [0.2, 0.25) is 10.0 Å². The van der Waals surface area contributed by atoms with Crippen molar-refractivity contribution < 1.29 is 17.6 Å². The number of benzene rings is 2. The third kappa shape index (κ3) is 6.20. The van der Waals surface area contributed by atoms with Crippen LogP contribution in [0.5, 0.6) is 0 Å². The largest absolute Gasteiger partial charge is 0.460 e. The molecular formula is C21H15Cl2N3O4S. The molecule has 0 spiro atoms. The van der Waals surface area contributed by atoms with Crippen LogP contribution in [-0.2, 0) is 21.4 Å². The lowest BCUT2D eigenvalue weighted by Crippen LogP contribution is -2.22. The zero-order valence-electron chi connectivity index (χ0n) is 15.8. The molecule has 0 unspecified atom stereocenters. The summed E-state index contributed by atoms with van der Waals surface area (Å²) in [6.45, 7) is -0.116. The molecule has 7 nitrogen and oxygen atoms in total. The summed E-state index contributed by atoms with van der Waals surface area (Å²) in [6, 6.07) is 17.1. The second kappa shape index (κ2) is 9.81. The number of amides is 1. The predicted molar refractivity (Wildman–Crippen MR) is 118 cm³/mol. The Balaban J connectivity index is 1.67. The molecule has 0 fully saturated rings. The molecule has 0 aliphatic heterocycles. The maximum Gasteiger partial charge on any atom is 0.266 e. The molecule has 1 amide bonds. The molecule has 3 aromatic rings. The molecule has 10 heteroatoms. The Hall–Kier alpha value is -3.09. The maximum atomic E-state index is 12.3. The van der Waals surface area contributed by atoms with E-state index < -0.39 is 15.9 Å². The lowest BCUT2D eigenvalue weighted by Gasteiger charge is -2.05. The maximum absolute atomic E-state index is 12.3. The van der Waals surface area contributed by atoms with Crippen molar-refractivity contribution >= 4 is 50.9 Å². The van der Waals surface area contributed by atoms with E-state index in [4.69, 9.17) is 27.6 Å². The van der Waals surface area contributed by atoms with Crippen LogP contribution in [0, 0.1) is 11.3 Å². The Morgan fingerprint density at radius 1 is 1.06 bits per heavy atom. The van der Waals surface area contributed by atoms with E-state index in [0.29, 0.717) is 21.5 Å². The van der Waals surface area contributed by atoms with Gasteiger partial charge in [-0.2, -0.15) is 5.26 Å². The second-order valence-electron chi connectivity index (χ2n) is 6.22. The molecule has 0 aliphatic carbocycles. The van der Waals surface area contributed by atoms with Crippen LogP contribution in [0.15, 0.2) is 75.5 Å². The van der Waals surface area contributed by atoms with E-state index in [1.807, 2.05) is 6.07 Å². The molecule has 1 aromatic heterocycles. The van der Waals surface area contributed by atoms with Crippen LogP contribution in [0.2, 0.25) is 10.0 Å². The van der Waals surface area contributed by atoms with Gasteiger partial charge in [-0.15, -0.1) is 0 Å². The first-order chi connectivity index (χ1) is 14.8. The Labute approximate surface area is 188 Å². The van der Waals surface area contributed by atoms with Crippen molar-refractivity contribution in [2.45, 2.75) is 11.4 Å². The molecule has 0 atom stereocenters. The number of nitrogens with one attached hydrogen (secondary N) is 2. The van der Waals surface area contributed by atoms with Gasteiger partial charge in [0.15, 0.2) is 0 Å². The van der Waals surface area contributed by atoms with Crippen LogP contribution < -0.4 is 10.0 Å². The number of halogens is 2. The monoisotopic (exact) mass is 475 g/mol. The molecule has 1 heterocycles. The molecule has 2 N–H and O–H groups in total. The summed E-state index contributed by atoms with van der Waals surface area (Å²) in [5.74, 6) is -0.110. The first kappa shape index (κ1) is 22.6. The van der Waals surface area contributed by atoms with E-state index in [-0.39, 0.29) is 22.8 Å². The van der Waals surface area contributed by atoms with E-state index >= 15 is 0 Å². The summed E-state index contributed by atoms with van der Waals surface area (Å²) in [6.07, 6.45) is 1.26. The van der Waals surface area contributed by atoms with Crippen molar-refractivity contribution in [1.82, 2.24) is 4.72 Å². The highest BCUT2D eigenvalue weighted by molar-refractivity contribution is 7.89. The molecule has 0 saturated heterocycles. The van der Waals surface area contributed by atoms with Gasteiger partial charge < -0.3 is 9.73 Å². The summed E-state index contributed by atoms with van der Waals surface area (Å²) in [5, 5.41) is 12.7. The van der Waals surface area contributed by atoms with Crippen LogP contribution in [-0.4, -0.2) is 14.3 Å². The fourth-order valence-corrected chi connectivity index (χ4v) is 3.80. The quantitative estimate of drug-likeness (QED) is 0.382. The minimum absolute atomic E-state index is 0.0630. The molecule has 0 saturated carbocycles. The van der Waals surface area contributed by atoms with Crippen LogP contribution in [0.25, 0.3) is 6.08 Å². The Morgan fingerprint density at radius 3 is 2.48 bits per heavy atom. The number of hydrogen-bond acceptors (Lipinski definition) is 5. The second-order valence-corrected chi connectivity index (χ2v) is 8.86. The van der Waals surface area contributed by atoms with Gasteiger partial charge in [0.05, 0.1) is 11.4 Å². The number of hydrogen-bond donors (Lipinski definition) is 2. The van der Waals surface area contributed by atoms with Gasteiger partial charge in [-0.05, 0) is 54.6 Å². The molecular weight excluding hydrogens is 461 g/mol. The van der Waals surface area contributed by atoms with Gasteiger partial charge in [0.1, 0.15) is 23.2 Å². The first-order valence-corrected chi connectivity index (χ1v) is 11.0. The average Bonchev–Trinajstić information content (AvgIpc) is 3.18. The SMILES string of the molecule is N#C/C(=C/c1ccc(CNS(=O)(=O)c2ccc(Cl)cc2)o1)C(=O)Nc1cccc(Cl)c1. The fraction of sp³-hybridized carbons (Fsp3) is 0.0476. The highest BCUT2D eigenvalue weighted by atomic mass is 35.5. The zero-order chi connectivity index (χ0) is 22.4. The topological polar surface area (TPSA) is 112 Å². The average molecular weight is 476 g/mol. The van der Waals surface area contributed by atoms with Gasteiger partial charge in [0, 0.05) is 21.8 Å². The van der Waals surface area contributed by atoms with E-state index in [9.17, 15) is 18.5 Å². The van der Waals surface area contributed by atoms with E-state index in [1.54, 1.807) is 30.3 Å². The molecule has 3 rings (SSSR count). The van der Waals surface area contributed by atoms with Crippen molar-refractivity contribution in [2.75, 3.05) is 5.32 Å². The fourth-order valence-electron chi connectivity index (χ4n) is 2.49. The summed E-state index contributed by atoms with van der Waals surface area (Å²) in [4.78, 5) is 12.4. The normalized spacial score (nSPS) is 11.7. The van der Waals surface area contributed by atoms with Crippen molar-refractivity contribution in [3.63, 3.8) is 0 Å². The molecule has 2 aromatic carbocycles. The standard InChI is InChI=1S/C21H15Cl2N3O4S/c22-15-4-8-20(9-5-15)31(28,29)25-13-19-7-6-18(30-19)10-14(12-24)21(27)26-17-3-1-2-16(23)11-17/h1-11,25H,13H2,(H,26,27)/b14-10-. The van der Waals surface area contributed by atoms with E-state index in [1.165, 1.54) is 36.4 Å². The van der Waals surface area contributed by atoms with Gasteiger partial charge in [-0.25, -0.2) is 13.1 Å². The number of nitriles is 1. The Morgan fingerprint density at radius 2 is 1.81 bits per heavy atom. The van der Waals surface area contributed by atoms with Gasteiger partial charge >= 0.3 is 0 Å². The van der Waals surface area contributed by atoms with Crippen molar-refractivity contribution in [3.8, 4) is 6.07 Å². The minimum atomic E-state index is -3.76. The summed E-state index contributed by atoms with van der Waals surface area (Å²) >= 11 is 11.7. The lowest BCUT2D eigenvalue weighted by molar-refractivity contribution is -0.112. The van der Waals surface area contributed by atoms with Crippen molar-refractivity contribution in [3.05, 3.63) is 87.8 Å². The summed E-state index contributed by atoms with van der Waals surface area (Å²) in [5.41, 5.74) is 0.248. The minimum Gasteiger partial charge on any atom is -0.460 e. The number of carbonyl (C=O) groups is 1. The van der Waals surface area contributed by atoms with Gasteiger partial charge in [-0.1, -0.05) is 29.3 Å². The van der Waals surface area contributed by atoms with E-state index in [0.717, 1.165) is 0 Å². The number of nitrogens with zero attached hydrogens (tertiary/aromatic N) is 1.